The van der Waals surface area contributed by atoms with E-state index in [0.717, 1.165) is 24.8 Å². The highest BCUT2D eigenvalue weighted by molar-refractivity contribution is 5.35. The van der Waals surface area contributed by atoms with E-state index in [1.54, 1.807) is 35.0 Å². The Morgan fingerprint density at radius 1 is 1.22 bits per heavy atom. The highest BCUT2D eigenvalue weighted by Crippen LogP contribution is 2.48. The number of anilines is 1. The van der Waals surface area contributed by atoms with Gasteiger partial charge in [0.05, 0.1) is 0 Å². The first-order valence-electron chi connectivity index (χ1n) is 9.13. The van der Waals surface area contributed by atoms with Gasteiger partial charge < -0.3 is 14.4 Å². The number of nitrogens with zero attached hydrogens (tertiary/aromatic N) is 3. The Bertz CT molecular complexity index is 978. The van der Waals surface area contributed by atoms with Crippen molar-refractivity contribution in [2.75, 3.05) is 11.9 Å². The number of hydrogen-bond donors (Lipinski definition) is 1. The van der Waals surface area contributed by atoms with Crippen LogP contribution in [0.5, 0.6) is 0 Å². The molecule has 1 aliphatic carbocycles. The predicted molar refractivity (Wildman–Crippen MR) is 99.1 cm³/mol. The Hall–Kier alpha value is -2.96. The van der Waals surface area contributed by atoms with Crippen LogP contribution in [0.25, 0.3) is 0 Å². The van der Waals surface area contributed by atoms with Gasteiger partial charge in [0, 0.05) is 37.2 Å². The molecule has 0 aliphatic heterocycles. The largest absolute Gasteiger partial charge is 0.337 e. The third kappa shape index (κ3) is 4.07. The number of pyridine rings is 1. The number of nitrogens with one attached hydrogen (secondary N) is 1. The Morgan fingerprint density at radius 3 is 2.89 bits per heavy atom. The van der Waals surface area contributed by atoms with Gasteiger partial charge in [0.15, 0.2) is 5.82 Å². The lowest BCUT2D eigenvalue weighted by atomic mass is 9.96. The summed E-state index contributed by atoms with van der Waals surface area (Å²) < 4.78 is 20.4. The summed E-state index contributed by atoms with van der Waals surface area (Å²) >= 11 is 0. The smallest absolute Gasteiger partial charge is 0.321 e. The van der Waals surface area contributed by atoms with Crippen molar-refractivity contribution in [3.8, 4) is 0 Å². The van der Waals surface area contributed by atoms with Crippen LogP contribution in [-0.2, 0) is 18.4 Å². The quantitative estimate of drug-likeness (QED) is 0.661. The molecule has 0 spiro atoms. The van der Waals surface area contributed by atoms with Crippen LogP contribution in [0.1, 0.15) is 30.7 Å². The fraction of sp³-hybridized carbons (Fsp3) is 0.350. The molecule has 0 amide bonds. The third-order valence-corrected chi connectivity index (χ3v) is 5.04. The standard InChI is InChI=1S/C20H21FN4O2/c21-16-6-3-5-15(13-16)20(9-10-20)14-22-19-23-17(24-27-19)7-4-12-25-11-2-1-8-18(25)26/h1-3,5-6,8,11,13H,4,7,9-10,12,14H2,(H,22,23,24). The summed E-state index contributed by atoms with van der Waals surface area (Å²) in [6.07, 6.45) is 5.16. The SMILES string of the molecule is O=c1ccccn1CCCc1noc(NCC2(c3cccc(F)c3)CC2)n1. The van der Waals surface area contributed by atoms with Crippen LogP contribution in [0.2, 0.25) is 0 Å². The van der Waals surface area contributed by atoms with Crippen molar-refractivity contribution in [1.82, 2.24) is 14.7 Å². The number of benzene rings is 1. The molecule has 27 heavy (non-hydrogen) atoms. The summed E-state index contributed by atoms with van der Waals surface area (Å²) in [6, 6.07) is 12.2. The summed E-state index contributed by atoms with van der Waals surface area (Å²) in [6.45, 7) is 1.25. The molecule has 0 bridgehead atoms. The van der Waals surface area contributed by atoms with Crippen molar-refractivity contribution in [2.45, 2.75) is 37.6 Å². The van der Waals surface area contributed by atoms with Crippen LogP contribution in [0, 0.1) is 5.82 Å². The molecule has 1 N–H and O–H groups in total. The van der Waals surface area contributed by atoms with Gasteiger partial charge in [0.25, 0.3) is 0 Å². The van der Waals surface area contributed by atoms with E-state index in [4.69, 9.17) is 4.52 Å². The third-order valence-electron chi connectivity index (χ3n) is 5.04. The van der Waals surface area contributed by atoms with Crippen LogP contribution in [0.3, 0.4) is 0 Å². The second-order valence-electron chi connectivity index (χ2n) is 7.00. The molecule has 0 radical (unpaired) electrons. The van der Waals surface area contributed by atoms with Crippen molar-refractivity contribution in [3.63, 3.8) is 0 Å². The Balaban J connectivity index is 1.30. The van der Waals surface area contributed by atoms with Gasteiger partial charge in [-0.25, -0.2) is 4.39 Å². The van der Waals surface area contributed by atoms with Crippen LogP contribution in [0.15, 0.2) is 58.0 Å². The van der Waals surface area contributed by atoms with Crippen LogP contribution >= 0.6 is 0 Å². The zero-order chi connectivity index (χ0) is 18.7. The minimum absolute atomic E-state index is 0.0138. The second-order valence-corrected chi connectivity index (χ2v) is 7.00. The summed E-state index contributed by atoms with van der Waals surface area (Å²) in [5.74, 6) is 0.397. The zero-order valence-corrected chi connectivity index (χ0v) is 14.9. The molecule has 1 saturated carbocycles. The van der Waals surface area contributed by atoms with Gasteiger partial charge in [0.1, 0.15) is 5.82 Å². The fourth-order valence-electron chi connectivity index (χ4n) is 3.26. The van der Waals surface area contributed by atoms with Crippen LogP contribution in [0.4, 0.5) is 10.4 Å². The minimum Gasteiger partial charge on any atom is -0.337 e. The monoisotopic (exact) mass is 368 g/mol. The molecule has 2 aromatic heterocycles. The van der Waals surface area contributed by atoms with Crippen molar-refractivity contribution in [3.05, 3.63) is 76.2 Å². The van der Waals surface area contributed by atoms with Gasteiger partial charge in [-0.3, -0.25) is 4.79 Å². The molecule has 6 nitrogen and oxygen atoms in total. The predicted octanol–water partition coefficient (Wildman–Crippen LogP) is 3.15. The van der Waals surface area contributed by atoms with Gasteiger partial charge in [-0.2, -0.15) is 4.98 Å². The van der Waals surface area contributed by atoms with E-state index in [1.165, 1.54) is 6.07 Å². The van der Waals surface area contributed by atoms with Gasteiger partial charge >= 0.3 is 6.01 Å². The van der Waals surface area contributed by atoms with E-state index in [9.17, 15) is 9.18 Å². The Morgan fingerprint density at radius 2 is 2.11 bits per heavy atom. The first-order valence-corrected chi connectivity index (χ1v) is 9.13. The molecule has 0 saturated heterocycles. The molecule has 7 heteroatoms. The van der Waals surface area contributed by atoms with Crippen molar-refractivity contribution in [2.24, 2.45) is 0 Å². The normalized spacial score (nSPS) is 14.9. The second kappa shape index (κ2) is 7.34. The highest BCUT2D eigenvalue weighted by Gasteiger charge is 2.44. The highest BCUT2D eigenvalue weighted by atomic mass is 19.1. The molecule has 1 fully saturated rings. The maximum absolute atomic E-state index is 13.5. The van der Waals surface area contributed by atoms with E-state index < -0.39 is 0 Å². The van der Waals surface area contributed by atoms with Crippen molar-refractivity contribution < 1.29 is 8.91 Å². The summed E-state index contributed by atoms with van der Waals surface area (Å²) in [5.41, 5.74) is 0.939. The lowest BCUT2D eigenvalue weighted by Crippen LogP contribution is -2.20. The number of rotatable bonds is 8. The molecular formula is C20H21FN4O2. The molecule has 2 heterocycles. The Labute approximate surface area is 156 Å². The van der Waals surface area contributed by atoms with Gasteiger partial charge in [-0.05, 0) is 43.0 Å². The summed E-state index contributed by atoms with van der Waals surface area (Å²) in [7, 11) is 0. The Kier molecular flexibility index (Phi) is 4.75. The van der Waals surface area contributed by atoms with E-state index in [-0.39, 0.29) is 16.8 Å². The molecule has 140 valence electrons. The average Bonchev–Trinajstić information content (AvgIpc) is 3.34. The van der Waals surface area contributed by atoms with Gasteiger partial charge in [0.2, 0.25) is 5.56 Å². The van der Waals surface area contributed by atoms with E-state index in [2.05, 4.69) is 15.5 Å². The fourth-order valence-corrected chi connectivity index (χ4v) is 3.26. The van der Waals surface area contributed by atoms with Gasteiger partial charge in [-0.15, -0.1) is 0 Å². The summed E-state index contributed by atoms with van der Waals surface area (Å²) in [4.78, 5) is 16.0. The maximum atomic E-state index is 13.5. The lowest BCUT2D eigenvalue weighted by Gasteiger charge is -2.15. The number of aryl methyl sites for hydroxylation is 2. The van der Waals surface area contributed by atoms with E-state index in [0.29, 0.717) is 31.3 Å². The first-order chi connectivity index (χ1) is 13.1. The molecular weight excluding hydrogens is 347 g/mol. The number of aromatic nitrogens is 3. The first kappa shape index (κ1) is 17.5. The molecule has 0 atom stereocenters. The minimum atomic E-state index is -0.212. The molecule has 4 rings (SSSR count). The summed E-state index contributed by atoms with van der Waals surface area (Å²) in [5, 5.41) is 7.17. The topological polar surface area (TPSA) is 73.0 Å². The van der Waals surface area contributed by atoms with E-state index >= 15 is 0 Å². The van der Waals surface area contributed by atoms with Gasteiger partial charge in [-0.1, -0.05) is 23.4 Å². The zero-order valence-electron chi connectivity index (χ0n) is 14.9. The van der Waals surface area contributed by atoms with Crippen LogP contribution in [-0.4, -0.2) is 21.3 Å². The van der Waals surface area contributed by atoms with E-state index in [1.807, 2.05) is 12.1 Å². The molecule has 3 aromatic rings. The maximum Gasteiger partial charge on any atom is 0.321 e. The molecule has 1 aromatic carbocycles. The van der Waals surface area contributed by atoms with Crippen LogP contribution < -0.4 is 10.9 Å². The van der Waals surface area contributed by atoms with Crippen molar-refractivity contribution >= 4 is 6.01 Å². The lowest BCUT2D eigenvalue weighted by molar-refractivity contribution is 0.419. The average molecular weight is 368 g/mol. The number of halogens is 1. The number of hydrogen-bond acceptors (Lipinski definition) is 5. The molecule has 1 aliphatic rings. The van der Waals surface area contributed by atoms with Crippen molar-refractivity contribution in [1.29, 1.82) is 0 Å². The molecule has 0 unspecified atom stereocenters.